The molecule has 0 atom stereocenters. The second-order valence-corrected chi connectivity index (χ2v) is 7.41. The molecule has 0 aromatic heterocycles. The minimum Gasteiger partial charge on any atom is -0.444 e. The van der Waals surface area contributed by atoms with E-state index in [-0.39, 0.29) is 12.1 Å². The SMILES string of the molecule is CC(C)(C)OC(=O)N[C@H]1CC[C@H](Nc2ccc(C(F)(F)F)cc2)CC1. The number of benzene rings is 1. The van der Waals surface area contributed by atoms with Crippen LogP contribution in [0.15, 0.2) is 24.3 Å². The molecule has 0 heterocycles. The number of halogens is 3. The Balaban J connectivity index is 1.78. The van der Waals surface area contributed by atoms with Gasteiger partial charge in [0.25, 0.3) is 0 Å². The number of alkyl carbamates (subject to hydrolysis) is 1. The van der Waals surface area contributed by atoms with Crippen LogP contribution in [-0.2, 0) is 10.9 Å². The van der Waals surface area contributed by atoms with Gasteiger partial charge < -0.3 is 15.4 Å². The number of hydrogen-bond acceptors (Lipinski definition) is 3. The van der Waals surface area contributed by atoms with E-state index >= 15 is 0 Å². The average molecular weight is 358 g/mol. The number of rotatable bonds is 3. The van der Waals surface area contributed by atoms with Crippen molar-refractivity contribution in [2.24, 2.45) is 0 Å². The van der Waals surface area contributed by atoms with E-state index in [9.17, 15) is 18.0 Å². The van der Waals surface area contributed by atoms with E-state index in [4.69, 9.17) is 4.74 Å². The molecule has 0 saturated heterocycles. The van der Waals surface area contributed by atoms with Crippen molar-refractivity contribution in [2.45, 2.75) is 70.3 Å². The molecule has 1 fully saturated rings. The lowest BCUT2D eigenvalue weighted by molar-refractivity contribution is -0.137. The molecule has 2 N–H and O–H groups in total. The van der Waals surface area contributed by atoms with Gasteiger partial charge in [-0.15, -0.1) is 0 Å². The summed E-state index contributed by atoms with van der Waals surface area (Å²) >= 11 is 0. The Morgan fingerprint density at radius 1 is 1.00 bits per heavy atom. The number of nitrogens with one attached hydrogen (secondary N) is 2. The van der Waals surface area contributed by atoms with E-state index < -0.39 is 23.4 Å². The lowest BCUT2D eigenvalue weighted by atomic mass is 9.91. The molecule has 2 rings (SSSR count). The zero-order chi connectivity index (χ0) is 18.7. The Labute approximate surface area is 146 Å². The summed E-state index contributed by atoms with van der Waals surface area (Å²) in [6.45, 7) is 5.45. The number of carbonyl (C=O) groups excluding carboxylic acids is 1. The van der Waals surface area contributed by atoms with Crippen LogP contribution in [0.5, 0.6) is 0 Å². The molecule has 0 aliphatic heterocycles. The molecule has 1 aromatic carbocycles. The van der Waals surface area contributed by atoms with Gasteiger partial charge in [0.15, 0.2) is 0 Å². The number of amides is 1. The van der Waals surface area contributed by atoms with Crippen molar-refractivity contribution in [3.8, 4) is 0 Å². The van der Waals surface area contributed by atoms with Crippen LogP contribution in [0.25, 0.3) is 0 Å². The molecular weight excluding hydrogens is 333 g/mol. The number of hydrogen-bond donors (Lipinski definition) is 2. The van der Waals surface area contributed by atoms with Crippen molar-refractivity contribution in [3.05, 3.63) is 29.8 Å². The van der Waals surface area contributed by atoms with Crippen LogP contribution in [0.4, 0.5) is 23.7 Å². The molecule has 0 radical (unpaired) electrons. The van der Waals surface area contributed by atoms with Gasteiger partial charge in [0.2, 0.25) is 0 Å². The topological polar surface area (TPSA) is 50.4 Å². The standard InChI is InChI=1S/C18H25F3N2O2/c1-17(2,3)25-16(24)23-15-10-8-14(9-11-15)22-13-6-4-12(5-7-13)18(19,20)21/h4-7,14-15,22H,8-11H2,1-3H3,(H,23,24)/t14-,15-. The van der Waals surface area contributed by atoms with E-state index in [1.54, 1.807) is 0 Å². The molecule has 1 aromatic rings. The van der Waals surface area contributed by atoms with Crippen LogP contribution in [-0.4, -0.2) is 23.8 Å². The van der Waals surface area contributed by atoms with Crippen molar-refractivity contribution in [3.63, 3.8) is 0 Å². The smallest absolute Gasteiger partial charge is 0.416 e. The monoisotopic (exact) mass is 358 g/mol. The van der Waals surface area contributed by atoms with Crippen molar-refractivity contribution in [1.29, 1.82) is 0 Å². The Hall–Kier alpha value is -1.92. The highest BCUT2D eigenvalue weighted by Crippen LogP contribution is 2.30. The maximum absolute atomic E-state index is 12.6. The molecule has 1 aliphatic carbocycles. The first kappa shape index (κ1) is 19.4. The number of alkyl halides is 3. The molecule has 0 unspecified atom stereocenters. The van der Waals surface area contributed by atoms with E-state index in [2.05, 4.69) is 10.6 Å². The highest BCUT2D eigenvalue weighted by atomic mass is 19.4. The Morgan fingerprint density at radius 2 is 1.52 bits per heavy atom. The predicted octanol–water partition coefficient (Wildman–Crippen LogP) is 4.95. The fraction of sp³-hybridized carbons (Fsp3) is 0.611. The number of carbonyl (C=O) groups is 1. The van der Waals surface area contributed by atoms with Crippen LogP contribution in [0.1, 0.15) is 52.0 Å². The summed E-state index contributed by atoms with van der Waals surface area (Å²) in [5, 5.41) is 6.13. The largest absolute Gasteiger partial charge is 0.444 e. The van der Waals surface area contributed by atoms with E-state index in [0.717, 1.165) is 37.8 Å². The van der Waals surface area contributed by atoms with E-state index in [1.165, 1.54) is 12.1 Å². The Kier molecular flexibility index (Phi) is 5.85. The van der Waals surface area contributed by atoms with Crippen LogP contribution in [0, 0.1) is 0 Å². The first-order valence-corrected chi connectivity index (χ1v) is 8.46. The summed E-state index contributed by atoms with van der Waals surface area (Å²) < 4.78 is 42.9. The molecule has 25 heavy (non-hydrogen) atoms. The summed E-state index contributed by atoms with van der Waals surface area (Å²) in [5.74, 6) is 0. The number of ether oxygens (including phenoxy) is 1. The third kappa shape index (κ3) is 6.48. The Morgan fingerprint density at radius 3 is 2.00 bits per heavy atom. The van der Waals surface area contributed by atoms with Gasteiger partial charge in [0.05, 0.1) is 5.56 Å². The quantitative estimate of drug-likeness (QED) is 0.803. The van der Waals surface area contributed by atoms with Gasteiger partial charge in [-0.25, -0.2) is 4.79 Å². The molecule has 7 heteroatoms. The maximum atomic E-state index is 12.6. The second-order valence-electron chi connectivity index (χ2n) is 7.41. The fourth-order valence-corrected chi connectivity index (χ4v) is 2.85. The first-order valence-electron chi connectivity index (χ1n) is 8.46. The van der Waals surface area contributed by atoms with Gasteiger partial charge in [0.1, 0.15) is 5.60 Å². The van der Waals surface area contributed by atoms with Gasteiger partial charge >= 0.3 is 12.3 Å². The average Bonchev–Trinajstić information content (AvgIpc) is 2.47. The molecule has 1 saturated carbocycles. The third-order valence-corrected chi connectivity index (χ3v) is 4.03. The van der Waals surface area contributed by atoms with E-state index in [0.29, 0.717) is 5.69 Å². The highest BCUT2D eigenvalue weighted by Gasteiger charge is 2.30. The zero-order valence-electron chi connectivity index (χ0n) is 14.7. The van der Waals surface area contributed by atoms with Gasteiger partial charge in [0, 0.05) is 17.8 Å². The minimum absolute atomic E-state index is 0.0699. The molecule has 0 spiro atoms. The lowest BCUT2D eigenvalue weighted by Crippen LogP contribution is -2.42. The van der Waals surface area contributed by atoms with Crippen LogP contribution in [0.2, 0.25) is 0 Å². The van der Waals surface area contributed by atoms with Gasteiger partial charge in [-0.1, -0.05) is 0 Å². The van der Waals surface area contributed by atoms with Gasteiger partial charge in [-0.3, -0.25) is 0 Å². The molecular formula is C18H25F3N2O2. The van der Waals surface area contributed by atoms with Crippen LogP contribution < -0.4 is 10.6 Å². The summed E-state index contributed by atoms with van der Waals surface area (Å²) in [6.07, 6.45) is -1.45. The molecule has 1 amide bonds. The number of anilines is 1. The minimum atomic E-state index is -4.32. The maximum Gasteiger partial charge on any atom is 0.416 e. The van der Waals surface area contributed by atoms with Crippen molar-refractivity contribution in [1.82, 2.24) is 5.32 Å². The van der Waals surface area contributed by atoms with Crippen LogP contribution >= 0.6 is 0 Å². The molecule has 0 bridgehead atoms. The van der Waals surface area contributed by atoms with Crippen LogP contribution in [0.3, 0.4) is 0 Å². The fourth-order valence-electron chi connectivity index (χ4n) is 2.85. The normalized spacial score (nSPS) is 21.5. The van der Waals surface area contributed by atoms with Gasteiger partial charge in [-0.05, 0) is 70.7 Å². The summed E-state index contributed by atoms with van der Waals surface area (Å²) in [7, 11) is 0. The summed E-state index contributed by atoms with van der Waals surface area (Å²) in [5.41, 5.74) is -0.495. The molecule has 4 nitrogen and oxygen atoms in total. The van der Waals surface area contributed by atoms with Crippen molar-refractivity contribution >= 4 is 11.8 Å². The lowest BCUT2D eigenvalue weighted by Gasteiger charge is -2.31. The predicted molar refractivity (Wildman–Crippen MR) is 90.5 cm³/mol. The Bertz CT molecular complexity index is 571. The van der Waals surface area contributed by atoms with Crippen molar-refractivity contribution < 1.29 is 22.7 Å². The van der Waals surface area contributed by atoms with E-state index in [1.807, 2.05) is 20.8 Å². The summed E-state index contributed by atoms with van der Waals surface area (Å²) in [4.78, 5) is 11.8. The third-order valence-electron chi connectivity index (χ3n) is 4.03. The first-order chi connectivity index (χ1) is 11.5. The zero-order valence-corrected chi connectivity index (χ0v) is 14.7. The van der Waals surface area contributed by atoms with Crippen molar-refractivity contribution in [2.75, 3.05) is 5.32 Å². The molecule has 140 valence electrons. The van der Waals surface area contributed by atoms with Gasteiger partial charge in [-0.2, -0.15) is 13.2 Å². The second kappa shape index (κ2) is 7.54. The summed E-state index contributed by atoms with van der Waals surface area (Å²) in [6, 6.07) is 5.33. The highest BCUT2D eigenvalue weighted by molar-refractivity contribution is 5.68. The molecule has 1 aliphatic rings.